The minimum absolute atomic E-state index is 0.00425. The first-order chi connectivity index (χ1) is 14.6. The van der Waals surface area contributed by atoms with Crippen molar-refractivity contribution in [2.24, 2.45) is 0 Å². The number of nitrogens with zero attached hydrogens (tertiary/aromatic N) is 2. The molecular formula is C22H21N3O5. The number of methoxy groups -OCH3 is 1. The maximum atomic E-state index is 13.0. The predicted octanol–water partition coefficient (Wildman–Crippen LogP) is 2.20. The molecule has 1 atom stereocenters. The smallest absolute Gasteiger partial charge is 0.339 e. The highest BCUT2D eigenvalue weighted by Crippen LogP contribution is 2.33. The number of ether oxygens (including phenoxy) is 2. The van der Waals surface area contributed by atoms with Crippen LogP contribution in [0.5, 0.6) is 0 Å². The van der Waals surface area contributed by atoms with Gasteiger partial charge in [0, 0.05) is 19.2 Å². The van der Waals surface area contributed by atoms with E-state index in [-0.39, 0.29) is 24.4 Å². The predicted molar refractivity (Wildman–Crippen MR) is 109 cm³/mol. The number of rotatable bonds is 7. The summed E-state index contributed by atoms with van der Waals surface area (Å²) in [5.74, 6) is -0.267. The number of esters is 1. The second-order valence-electron chi connectivity index (χ2n) is 7.02. The van der Waals surface area contributed by atoms with Crippen LogP contribution in [0.25, 0.3) is 10.9 Å². The van der Waals surface area contributed by atoms with Crippen LogP contribution in [0.1, 0.15) is 34.3 Å². The molecule has 0 saturated heterocycles. The summed E-state index contributed by atoms with van der Waals surface area (Å²) in [6.45, 7) is 0.753. The Kier molecular flexibility index (Phi) is 5.58. The Bertz CT molecular complexity index is 1160. The fourth-order valence-electron chi connectivity index (χ4n) is 3.54. The Morgan fingerprint density at radius 2 is 1.93 bits per heavy atom. The van der Waals surface area contributed by atoms with E-state index < -0.39 is 12.1 Å². The molecule has 0 fully saturated rings. The number of cyclic esters (lactones) is 1. The molecule has 1 N–H and O–H groups in total. The molecule has 2 heterocycles. The molecule has 0 unspecified atom stereocenters. The van der Waals surface area contributed by atoms with Crippen molar-refractivity contribution >= 4 is 22.8 Å². The van der Waals surface area contributed by atoms with Gasteiger partial charge in [-0.1, -0.05) is 30.3 Å². The molecular weight excluding hydrogens is 386 g/mol. The van der Waals surface area contributed by atoms with Gasteiger partial charge in [-0.2, -0.15) is 0 Å². The largest absolute Gasteiger partial charge is 0.453 e. The Morgan fingerprint density at radius 1 is 1.17 bits per heavy atom. The second-order valence-corrected chi connectivity index (χ2v) is 7.02. The van der Waals surface area contributed by atoms with E-state index in [2.05, 4.69) is 9.97 Å². The number of amides is 1. The van der Waals surface area contributed by atoms with Crippen LogP contribution in [0.15, 0.2) is 53.3 Å². The fraction of sp³-hybridized carbons (Fsp3) is 0.273. The molecule has 3 aromatic rings. The number of para-hydroxylation sites is 1. The molecule has 8 heteroatoms. The Labute approximate surface area is 172 Å². The van der Waals surface area contributed by atoms with E-state index in [0.29, 0.717) is 41.0 Å². The molecule has 154 valence electrons. The Morgan fingerprint density at radius 3 is 2.77 bits per heavy atom. The minimum atomic E-state index is -0.630. The maximum Gasteiger partial charge on any atom is 0.339 e. The van der Waals surface area contributed by atoms with Crippen molar-refractivity contribution in [3.63, 3.8) is 0 Å². The van der Waals surface area contributed by atoms with Gasteiger partial charge in [-0.3, -0.25) is 9.59 Å². The quantitative estimate of drug-likeness (QED) is 0.603. The molecule has 1 amide bonds. The van der Waals surface area contributed by atoms with E-state index in [1.165, 1.54) is 0 Å². The first-order valence-corrected chi connectivity index (χ1v) is 9.61. The number of carbonyl (C=O) groups excluding carboxylic acids is 2. The van der Waals surface area contributed by atoms with E-state index in [9.17, 15) is 14.4 Å². The lowest BCUT2D eigenvalue weighted by Crippen LogP contribution is -2.35. The summed E-state index contributed by atoms with van der Waals surface area (Å²) >= 11 is 0. The fourth-order valence-corrected chi connectivity index (χ4v) is 3.54. The van der Waals surface area contributed by atoms with Gasteiger partial charge in [-0.15, -0.1) is 0 Å². The summed E-state index contributed by atoms with van der Waals surface area (Å²) in [7, 11) is 1.55. The van der Waals surface area contributed by atoms with Gasteiger partial charge in [0.05, 0.1) is 36.0 Å². The van der Waals surface area contributed by atoms with Gasteiger partial charge in [0.15, 0.2) is 0 Å². The molecule has 30 heavy (non-hydrogen) atoms. The maximum absolute atomic E-state index is 13.0. The topological polar surface area (TPSA) is 102 Å². The third-order valence-electron chi connectivity index (χ3n) is 5.06. The normalized spacial score (nSPS) is 15.1. The average Bonchev–Trinajstić information content (AvgIpc) is 3.06. The van der Waals surface area contributed by atoms with Crippen molar-refractivity contribution in [2.45, 2.75) is 19.1 Å². The lowest BCUT2D eigenvalue weighted by Gasteiger charge is -2.23. The Hall–Kier alpha value is -3.52. The van der Waals surface area contributed by atoms with Crippen LogP contribution < -0.4 is 5.56 Å². The lowest BCUT2D eigenvalue weighted by atomic mass is 10.0. The van der Waals surface area contributed by atoms with Crippen LogP contribution in [0.2, 0.25) is 0 Å². The average molecular weight is 407 g/mol. The van der Waals surface area contributed by atoms with Crippen LogP contribution in [0, 0.1) is 0 Å². The van der Waals surface area contributed by atoms with Crippen LogP contribution in [-0.4, -0.2) is 47.0 Å². The molecule has 2 aromatic carbocycles. The Balaban J connectivity index is 1.55. The number of hydrogen-bond donors (Lipinski definition) is 1. The first-order valence-electron chi connectivity index (χ1n) is 9.61. The minimum Gasteiger partial charge on any atom is -0.453 e. The third kappa shape index (κ3) is 3.95. The van der Waals surface area contributed by atoms with Crippen molar-refractivity contribution in [3.8, 4) is 0 Å². The SMILES string of the molecule is COCCN(Cc1nc2ccccc2c(=O)[nH]1)C(=O)C[C@H]1OC(=O)c2ccccc21. The third-order valence-corrected chi connectivity index (χ3v) is 5.06. The highest BCUT2D eigenvalue weighted by atomic mass is 16.5. The highest BCUT2D eigenvalue weighted by molar-refractivity contribution is 5.94. The zero-order valence-electron chi connectivity index (χ0n) is 16.5. The van der Waals surface area contributed by atoms with Crippen LogP contribution in [-0.2, 0) is 20.8 Å². The molecule has 4 rings (SSSR count). The second kappa shape index (κ2) is 8.46. The van der Waals surface area contributed by atoms with Crippen molar-refractivity contribution in [1.29, 1.82) is 0 Å². The summed E-state index contributed by atoms with van der Waals surface area (Å²) in [6, 6.07) is 14.1. The van der Waals surface area contributed by atoms with Gasteiger partial charge in [0.2, 0.25) is 5.91 Å². The van der Waals surface area contributed by atoms with Crippen molar-refractivity contribution < 1.29 is 19.1 Å². The molecule has 1 aromatic heterocycles. The molecule has 1 aliphatic heterocycles. The number of aromatic amines is 1. The van der Waals surface area contributed by atoms with Gasteiger partial charge in [0.1, 0.15) is 11.9 Å². The van der Waals surface area contributed by atoms with E-state index in [1.54, 1.807) is 54.5 Å². The van der Waals surface area contributed by atoms with Crippen LogP contribution in [0.3, 0.4) is 0 Å². The highest BCUT2D eigenvalue weighted by Gasteiger charge is 2.33. The molecule has 0 aliphatic carbocycles. The zero-order valence-corrected chi connectivity index (χ0v) is 16.5. The number of benzene rings is 2. The summed E-state index contributed by atoms with van der Waals surface area (Å²) in [4.78, 5) is 46.2. The van der Waals surface area contributed by atoms with E-state index in [0.717, 1.165) is 0 Å². The summed E-state index contributed by atoms with van der Waals surface area (Å²) in [6.07, 6.45) is -0.626. The number of hydrogen-bond acceptors (Lipinski definition) is 6. The molecule has 0 saturated carbocycles. The van der Waals surface area contributed by atoms with E-state index in [1.807, 2.05) is 6.07 Å². The monoisotopic (exact) mass is 407 g/mol. The van der Waals surface area contributed by atoms with Crippen LogP contribution in [0.4, 0.5) is 0 Å². The standard InChI is InChI=1S/C22H21N3O5/c1-29-11-10-25(13-19-23-17-9-5-4-8-16(17)21(27)24-19)20(26)12-18-14-6-2-3-7-15(14)22(28)30-18/h2-9,18H,10-13H2,1H3,(H,23,24,27)/t18-/m1/s1. The summed E-state index contributed by atoms with van der Waals surface area (Å²) in [5.41, 5.74) is 1.50. The number of aromatic nitrogens is 2. The molecule has 0 spiro atoms. The van der Waals surface area contributed by atoms with Gasteiger partial charge >= 0.3 is 5.97 Å². The summed E-state index contributed by atoms with van der Waals surface area (Å²) in [5, 5.41) is 0.491. The van der Waals surface area contributed by atoms with Crippen molar-refractivity contribution in [2.75, 3.05) is 20.3 Å². The van der Waals surface area contributed by atoms with Crippen molar-refractivity contribution in [3.05, 3.63) is 75.8 Å². The number of fused-ring (bicyclic) bond motifs is 2. The van der Waals surface area contributed by atoms with Gasteiger partial charge in [0.25, 0.3) is 5.56 Å². The lowest BCUT2D eigenvalue weighted by molar-refractivity contribution is -0.134. The molecule has 0 bridgehead atoms. The van der Waals surface area contributed by atoms with E-state index in [4.69, 9.17) is 9.47 Å². The van der Waals surface area contributed by atoms with Gasteiger partial charge in [-0.25, -0.2) is 9.78 Å². The molecule has 8 nitrogen and oxygen atoms in total. The van der Waals surface area contributed by atoms with Crippen LogP contribution >= 0.6 is 0 Å². The zero-order chi connectivity index (χ0) is 21.1. The first kappa shape index (κ1) is 19.8. The van der Waals surface area contributed by atoms with Crippen molar-refractivity contribution in [1.82, 2.24) is 14.9 Å². The number of H-pyrrole nitrogens is 1. The summed E-state index contributed by atoms with van der Waals surface area (Å²) < 4.78 is 10.5. The molecule has 0 radical (unpaired) electrons. The van der Waals surface area contributed by atoms with E-state index >= 15 is 0 Å². The van der Waals surface area contributed by atoms with Gasteiger partial charge < -0.3 is 19.4 Å². The number of nitrogens with one attached hydrogen (secondary N) is 1. The molecule has 1 aliphatic rings. The number of carbonyl (C=O) groups is 2. The van der Waals surface area contributed by atoms with Gasteiger partial charge in [-0.05, 0) is 18.2 Å².